The molecular formula is C11H12N4O3S. The Morgan fingerprint density at radius 3 is 2.53 bits per heavy atom. The molecule has 0 aliphatic heterocycles. The van der Waals surface area contributed by atoms with Crippen LogP contribution in [0.3, 0.4) is 0 Å². The van der Waals surface area contributed by atoms with Gasteiger partial charge in [-0.2, -0.15) is 9.98 Å². The van der Waals surface area contributed by atoms with Gasteiger partial charge in [-0.1, -0.05) is 0 Å². The highest BCUT2D eigenvalue weighted by Gasteiger charge is 2.26. The van der Waals surface area contributed by atoms with Crippen molar-refractivity contribution in [3.05, 3.63) is 28.7 Å². The zero-order valence-corrected chi connectivity index (χ0v) is 11.1. The zero-order chi connectivity index (χ0) is 14.3. The Hall–Kier alpha value is -2.11. The van der Waals surface area contributed by atoms with Gasteiger partial charge in [0, 0.05) is 0 Å². The molecule has 0 unspecified atom stereocenters. The Labute approximate surface area is 109 Å². The second-order valence-corrected chi connectivity index (χ2v) is 6.31. The summed E-state index contributed by atoms with van der Waals surface area (Å²) in [4.78, 5) is 16.1. The predicted molar refractivity (Wildman–Crippen MR) is 68.9 cm³/mol. The first-order chi connectivity index (χ1) is 8.73. The summed E-state index contributed by atoms with van der Waals surface area (Å²) in [6, 6.07) is 6.04. The predicted octanol–water partition coefficient (Wildman–Crippen LogP) is 0.437. The first-order valence-corrected chi connectivity index (χ1v) is 6.89. The maximum Gasteiger partial charge on any atom is 0.323 e. The molecule has 0 amide bonds. The smallest absolute Gasteiger partial charge is 0.306 e. The Kier molecular flexibility index (Phi) is 2.96. The van der Waals surface area contributed by atoms with Crippen LogP contribution in [0.15, 0.2) is 27.9 Å². The Morgan fingerprint density at radius 2 is 1.89 bits per heavy atom. The number of benzene rings is 1. The molecule has 1 aromatic carbocycles. The van der Waals surface area contributed by atoms with Crippen LogP contribution in [0, 0.1) is 11.3 Å². The maximum absolute atomic E-state index is 12.1. The lowest BCUT2D eigenvalue weighted by Crippen LogP contribution is -2.41. The van der Waals surface area contributed by atoms with Gasteiger partial charge in [-0.3, -0.25) is 0 Å². The molecule has 2 aromatic rings. The van der Waals surface area contributed by atoms with Crippen molar-refractivity contribution in [2.75, 3.05) is 0 Å². The number of nitrogens with zero attached hydrogens (tertiary/aromatic N) is 1. The Bertz CT molecular complexity index is 823. The lowest BCUT2D eigenvalue weighted by atomic mass is 10.1. The number of sulfonamides is 1. The molecule has 7 nitrogen and oxygen atoms in total. The molecule has 0 aliphatic rings. The second-order valence-electron chi connectivity index (χ2n) is 4.63. The van der Waals surface area contributed by atoms with Gasteiger partial charge < -0.3 is 9.97 Å². The Morgan fingerprint density at radius 1 is 1.26 bits per heavy atom. The van der Waals surface area contributed by atoms with E-state index in [2.05, 4.69) is 14.7 Å². The number of rotatable bonds is 3. The number of aromatic amines is 2. The molecule has 1 heterocycles. The number of nitrogens with one attached hydrogen (secondary N) is 3. The van der Waals surface area contributed by atoms with Gasteiger partial charge in [-0.25, -0.2) is 13.2 Å². The lowest BCUT2D eigenvalue weighted by Gasteiger charge is -2.17. The number of aromatic nitrogens is 2. The topological polar surface area (TPSA) is 119 Å². The van der Waals surface area contributed by atoms with E-state index in [9.17, 15) is 13.2 Å². The monoisotopic (exact) mass is 280 g/mol. The standard InChI is InChI=1S/C11H12N4O3S/c1-11(2,6-12)15-19(17,18)7-3-4-8-9(5-7)14-10(16)13-8/h3-5,15H,1-2H3,(H2,13,14,16). The molecule has 100 valence electrons. The van der Waals surface area contributed by atoms with E-state index >= 15 is 0 Å². The third-order valence-corrected chi connectivity index (χ3v) is 4.12. The summed E-state index contributed by atoms with van der Waals surface area (Å²) < 4.78 is 26.5. The van der Waals surface area contributed by atoms with Gasteiger partial charge in [0.1, 0.15) is 5.54 Å². The summed E-state index contributed by atoms with van der Waals surface area (Å²) in [5.41, 5.74) is -0.708. The first-order valence-electron chi connectivity index (χ1n) is 5.41. The molecule has 0 fully saturated rings. The van der Waals surface area contributed by atoms with E-state index in [-0.39, 0.29) is 4.90 Å². The molecule has 0 saturated heterocycles. The lowest BCUT2D eigenvalue weighted by molar-refractivity contribution is 0.536. The summed E-state index contributed by atoms with van der Waals surface area (Å²) in [6.45, 7) is 2.92. The molecule has 0 atom stereocenters. The van der Waals surface area contributed by atoms with Crippen LogP contribution in [0.1, 0.15) is 13.8 Å². The average molecular weight is 280 g/mol. The summed E-state index contributed by atoms with van der Waals surface area (Å²) in [5.74, 6) is 0. The number of nitriles is 1. The van der Waals surface area contributed by atoms with Crippen molar-refractivity contribution in [3.8, 4) is 6.07 Å². The van der Waals surface area contributed by atoms with Gasteiger partial charge in [-0.05, 0) is 32.0 Å². The van der Waals surface area contributed by atoms with E-state index < -0.39 is 21.3 Å². The van der Waals surface area contributed by atoms with Gasteiger partial charge in [0.2, 0.25) is 10.0 Å². The van der Waals surface area contributed by atoms with E-state index in [1.165, 1.54) is 32.0 Å². The van der Waals surface area contributed by atoms with E-state index in [4.69, 9.17) is 5.26 Å². The van der Waals surface area contributed by atoms with E-state index in [0.29, 0.717) is 11.0 Å². The van der Waals surface area contributed by atoms with Crippen molar-refractivity contribution >= 4 is 21.1 Å². The molecule has 0 radical (unpaired) electrons. The molecule has 2 rings (SSSR count). The quantitative estimate of drug-likeness (QED) is 0.755. The number of hydrogen-bond donors (Lipinski definition) is 3. The van der Waals surface area contributed by atoms with Crippen LogP contribution in [0.25, 0.3) is 11.0 Å². The molecule has 0 saturated carbocycles. The van der Waals surface area contributed by atoms with Crippen molar-refractivity contribution in [1.29, 1.82) is 5.26 Å². The van der Waals surface area contributed by atoms with Crippen LogP contribution in [-0.2, 0) is 10.0 Å². The highest BCUT2D eigenvalue weighted by molar-refractivity contribution is 7.89. The first kappa shape index (κ1) is 13.3. The molecule has 1 aromatic heterocycles. The fraction of sp³-hybridized carbons (Fsp3) is 0.273. The van der Waals surface area contributed by atoms with Crippen LogP contribution in [-0.4, -0.2) is 23.9 Å². The van der Waals surface area contributed by atoms with Gasteiger partial charge >= 0.3 is 5.69 Å². The molecule has 0 aliphatic carbocycles. The summed E-state index contributed by atoms with van der Waals surface area (Å²) >= 11 is 0. The molecule has 19 heavy (non-hydrogen) atoms. The van der Waals surface area contributed by atoms with E-state index in [0.717, 1.165) is 0 Å². The average Bonchev–Trinajstić information content (AvgIpc) is 2.66. The highest BCUT2D eigenvalue weighted by atomic mass is 32.2. The molecule has 3 N–H and O–H groups in total. The molecule has 8 heteroatoms. The fourth-order valence-corrected chi connectivity index (χ4v) is 2.95. The normalized spacial score (nSPS) is 12.5. The van der Waals surface area contributed by atoms with Crippen molar-refractivity contribution in [3.63, 3.8) is 0 Å². The van der Waals surface area contributed by atoms with E-state index in [1.807, 2.05) is 6.07 Å². The number of imidazole rings is 1. The van der Waals surface area contributed by atoms with Crippen molar-refractivity contribution in [2.45, 2.75) is 24.3 Å². The van der Waals surface area contributed by atoms with Crippen LogP contribution < -0.4 is 10.4 Å². The SMILES string of the molecule is CC(C)(C#N)NS(=O)(=O)c1ccc2[nH]c(=O)[nH]c2c1. The molecular weight excluding hydrogens is 268 g/mol. The minimum absolute atomic E-state index is 0.0152. The number of fused-ring (bicyclic) bond motifs is 1. The summed E-state index contributed by atoms with van der Waals surface area (Å²) in [6.07, 6.45) is 0. The minimum Gasteiger partial charge on any atom is -0.306 e. The van der Waals surface area contributed by atoms with Gasteiger partial charge in [0.25, 0.3) is 0 Å². The number of hydrogen-bond acceptors (Lipinski definition) is 4. The van der Waals surface area contributed by atoms with Crippen molar-refractivity contribution in [1.82, 2.24) is 14.7 Å². The van der Waals surface area contributed by atoms with E-state index in [1.54, 1.807) is 0 Å². The largest absolute Gasteiger partial charge is 0.323 e. The Balaban J connectivity index is 2.49. The van der Waals surface area contributed by atoms with Gasteiger partial charge in [-0.15, -0.1) is 0 Å². The van der Waals surface area contributed by atoms with Crippen LogP contribution in [0.5, 0.6) is 0 Å². The molecule has 0 bridgehead atoms. The summed E-state index contributed by atoms with van der Waals surface area (Å²) in [7, 11) is -3.82. The second kappa shape index (κ2) is 4.22. The van der Waals surface area contributed by atoms with Crippen LogP contribution in [0.4, 0.5) is 0 Å². The molecule has 0 spiro atoms. The van der Waals surface area contributed by atoms with Crippen molar-refractivity contribution in [2.24, 2.45) is 0 Å². The maximum atomic E-state index is 12.1. The van der Waals surface area contributed by atoms with Crippen LogP contribution in [0.2, 0.25) is 0 Å². The highest BCUT2D eigenvalue weighted by Crippen LogP contribution is 2.16. The minimum atomic E-state index is -3.82. The third-order valence-electron chi connectivity index (χ3n) is 2.47. The van der Waals surface area contributed by atoms with Gasteiger partial charge in [0.05, 0.1) is 22.0 Å². The number of H-pyrrole nitrogens is 2. The zero-order valence-electron chi connectivity index (χ0n) is 10.3. The third kappa shape index (κ3) is 2.67. The van der Waals surface area contributed by atoms with Gasteiger partial charge in [0.15, 0.2) is 0 Å². The fourth-order valence-electron chi connectivity index (χ4n) is 1.60. The van der Waals surface area contributed by atoms with Crippen LogP contribution >= 0.6 is 0 Å². The van der Waals surface area contributed by atoms with Crippen molar-refractivity contribution < 1.29 is 8.42 Å². The summed E-state index contributed by atoms with van der Waals surface area (Å²) in [5, 5.41) is 8.85.